The molecule has 5 heteroatoms. The molecule has 3 heterocycles. The van der Waals surface area contributed by atoms with E-state index in [0.717, 1.165) is 40.2 Å². The maximum atomic E-state index is 6.06. The summed E-state index contributed by atoms with van der Waals surface area (Å²) in [5.74, 6) is 1.50. The quantitative estimate of drug-likeness (QED) is 0.175. The maximum absolute atomic E-state index is 6.06. The Labute approximate surface area is 257 Å². The fraction of sp³-hybridized carbons (Fsp3) is 0.222. The topological polar surface area (TPSA) is 28.6 Å². The first kappa shape index (κ1) is 28.9. The van der Waals surface area contributed by atoms with Gasteiger partial charge < -0.3 is 14.5 Å². The average Bonchev–Trinajstić information content (AvgIpc) is 3.29. The van der Waals surface area contributed by atoms with Crippen LogP contribution in [0, 0.1) is 38.6 Å². The van der Waals surface area contributed by atoms with Crippen molar-refractivity contribution < 1.29 is 24.8 Å². The Morgan fingerprint density at radius 1 is 0.976 bits per heavy atom. The van der Waals surface area contributed by atoms with Crippen LogP contribution in [0.2, 0.25) is 0 Å². The van der Waals surface area contributed by atoms with E-state index in [4.69, 9.17) is 9.72 Å². The van der Waals surface area contributed by atoms with Gasteiger partial charge in [0.15, 0.2) is 0 Å². The largest absolute Gasteiger partial charge is 3.00 e. The zero-order chi connectivity index (χ0) is 27.8. The molecule has 4 aromatic carbocycles. The number of anilines is 3. The average molecular weight is 717 g/mol. The molecule has 208 valence electrons. The van der Waals surface area contributed by atoms with Crippen molar-refractivity contribution in [2.24, 2.45) is 5.92 Å². The minimum Gasteiger partial charge on any atom is -0.506 e. The number of hydrogen-bond donors (Lipinski definition) is 0. The van der Waals surface area contributed by atoms with Crippen LogP contribution in [0.5, 0.6) is 5.75 Å². The van der Waals surface area contributed by atoms with Gasteiger partial charge in [0.2, 0.25) is 0 Å². The summed E-state index contributed by atoms with van der Waals surface area (Å²) in [6.45, 7) is 11.4. The molecule has 5 aromatic rings. The van der Waals surface area contributed by atoms with Crippen molar-refractivity contribution in [2.45, 2.75) is 40.7 Å². The summed E-state index contributed by atoms with van der Waals surface area (Å²) >= 11 is 0. The van der Waals surface area contributed by atoms with Gasteiger partial charge in [0.1, 0.15) is 5.75 Å². The summed E-state index contributed by atoms with van der Waals surface area (Å²) in [6.07, 6.45) is 1.05. The number of benzene rings is 4. The van der Waals surface area contributed by atoms with Gasteiger partial charge in [-0.1, -0.05) is 57.5 Å². The third kappa shape index (κ3) is 5.75. The number of aryl methyl sites for hydroxylation is 2. The van der Waals surface area contributed by atoms with Crippen LogP contribution in [0.25, 0.3) is 22.2 Å². The molecule has 7 rings (SSSR count). The minimum absolute atomic E-state index is 0. The van der Waals surface area contributed by atoms with Gasteiger partial charge in [-0.3, -0.25) is 4.98 Å². The Hall–Kier alpha value is -3.66. The Balaban J connectivity index is 0.000000173. The Morgan fingerprint density at radius 3 is 2.51 bits per heavy atom. The number of rotatable bonds is 3. The fourth-order valence-electron chi connectivity index (χ4n) is 5.59. The molecule has 2 aliphatic rings. The molecule has 0 fully saturated rings. The first-order valence-electron chi connectivity index (χ1n) is 13.9. The number of hydrogen-bond acceptors (Lipinski definition) is 4. The van der Waals surface area contributed by atoms with E-state index in [1.54, 1.807) is 0 Å². The standard InChI is InChI=1S/C22H22NO.C14H12N2.Ir/c1-13(2)8-16-6-5-7-20-17(16)11-21-22(23-20)18-10-14(3)9-15(4)19(18)12-24-21;1-15-11-16(12-7-3-2-4-8-12)14-10-6-5-9-13(14)15;/h5-7,9,11,13H,8,12H2,1-4H3;2-7,9-11H,1H3;/q-1;-2;+3. The van der Waals surface area contributed by atoms with Crippen LogP contribution in [-0.4, -0.2) is 12.0 Å². The smallest absolute Gasteiger partial charge is 0.506 e. The van der Waals surface area contributed by atoms with Gasteiger partial charge in [-0.05, 0) is 49.2 Å². The predicted molar refractivity (Wildman–Crippen MR) is 165 cm³/mol. The molecule has 0 bridgehead atoms. The summed E-state index contributed by atoms with van der Waals surface area (Å²) in [5, 5.41) is 1.21. The van der Waals surface area contributed by atoms with Gasteiger partial charge in [0.05, 0.1) is 12.1 Å². The van der Waals surface area contributed by atoms with Crippen molar-refractivity contribution in [3.8, 4) is 17.0 Å². The fourth-order valence-corrected chi connectivity index (χ4v) is 5.59. The van der Waals surface area contributed by atoms with Crippen molar-refractivity contribution in [2.75, 3.05) is 16.8 Å². The van der Waals surface area contributed by atoms with Gasteiger partial charge >= 0.3 is 20.1 Å². The van der Waals surface area contributed by atoms with Crippen molar-refractivity contribution in [1.29, 1.82) is 0 Å². The van der Waals surface area contributed by atoms with Crippen LogP contribution >= 0.6 is 0 Å². The van der Waals surface area contributed by atoms with Crippen LogP contribution < -0.4 is 14.5 Å². The molecule has 0 atom stereocenters. The Kier molecular flexibility index (Phi) is 8.49. The molecular weight excluding hydrogens is 683 g/mol. The molecular formula is C36H34IrN3O. The van der Waals surface area contributed by atoms with E-state index in [0.29, 0.717) is 12.5 Å². The first-order chi connectivity index (χ1) is 19.4. The predicted octanol–water partition coefficient (Wildman–Crippen LogP) is 8.60. The van der Waals surface area contributed by atoms with E-state index >= 15 is 0 Å². The molecule has 0 spiro atoms. The van der Waals surface area contributed by atoms with Crippen molar-refractivity contribution >= 4 is 28.0 Å². The molecule has 0 radical (unpaired) electrons. The SMILES string of the molecule is CN1[CH-]N(c2[c-]cccc2)c2ccccc21.Cc1[c-]c2c(c(C)c1)COc1cc3c(CC(C)C)cccc3nc1-2.[Ir+3]. The molecule has 0 saturated heterocycles. The molecule has 0 N–H and O–H groups in total. The molecule has 2 aliphatic heterocycles. The Morgan fingerprint density at radius 2 is 1.76 bits per heavy atom. The third-order valence-electron chi connectivity index (χ3n) is 7.45. The van der Waals surface area contributed by atoms with Crippen molar-refractivity contribution in [3.63, 3.8) is 0 Å². The molecule has 4 nitrogen and oxygen atoms in total. The molecule has 41 heavy (non-hydrogen) atoms. The zero-order valence-electron chi connectivity index (χ0n) is 24.2. The van der Waals surface area contributed by atoms with Crippen LogP contribution in [-0.2, 0) is 33.1 Å². The van der Waals surface area contributed by atoms with Crippen LogP contribution in [0.15, 0.2) is 78.9 Å². The molecule has 1 aromatic heterocycles. The second-order valence-electron chi connectivity index (χ2n) is 11.0. The first-order valence-corrected chi connectivity index (χ1v) is 13.9. The molecule has 0 saturated carbocycles. The second kappa shape index (κ2) is 12.1. The van der Waals surface area contributed by atoms with Crippen LogP contribution in [0.4, 0.5) is 17.1 Å². The number of pyridine rings is 1. The molecule has 0 unspecified atom stereocenters. The summed E-state index contributed by atoms with van der Waals surface area (Å²) in [5.41, 5.74) is 11.5. The number of ether oxygens (including phenoxy) is 1. The van der Waals surface area contributed by atoms with E-state index in [2.05, 4.69) is 124 Å². The summed E-state index contributed by atoms with van der Waals surface area (Å²) in [6, 6.07) is 33.8. The second-order valence-corrected chi connectivity index (χ2v) is 11.0. The summed E-state index contributed by atoms with van der Waals surface area (Å²) < 4.78 is 6.06. The van der Waals surface area contributed by atoms with E-state index in [-0.39, 0.29) is 20.1 Å². The number of para-hydroxylation sites is 3. The van der Waals surface area contributed by atoms with E-state index in [1.807, 2.05) is 18.2 Å². The van der Waals surface area contributed by atoms with E-state index < -0.39 is 0 Å². The normalized spacial score (nSPS) is 13.0. The molecule has 0 aliphatic carbocycles. The number of aromatic nitrogens is 1. The Bertz CT molecular complexity index is 1680. The molecule has 0 amide bonds. The number of nitrogens with zero attached hydrogens (tertiary/aromatic N) is 3. The third-order valence-corrected chi connectivity index (χ3v) is 7.45. The van der Waals surface area contributed by atoms with Crippen molar-refractivity contribution in [3.05, 3.63) is 120 Å². The maximum Gasteiger partial charge on any atom is 3.00 e. The van der Waals surface area contributed by atoms with Crippen LogP contribution in [0.1, 0.15) is 36.1 Å². The number of fused-ring (bicyclic) bond motifs is 5. The minimum atomic E-state index is 0. The van der Waals surface area contributed by atoms with E-state index in [1.165, 1.54) is 33.5 Å². The van der Waals surface area contributed by atoms with Gasteiger partial charge in [-0.15, -0.1) is 34.5 Å². The van der Waals surface area contributed by atoms with E-state index in [9.17, 15) is 0 Å². The monoisotopic (exact) mass is 717 g/mol. The zero-order valence-corrected chi connectivity index (χ0v) is 26.6. The van der Waals surface area contributed by atoms with Gasteiger partial charge in [0.25, 0.3) is 0 Å². The summed E-state index contributed by atoms with van der Waals surface area (Å²) in [7, 11) is 2.06. The van der Waals surface area contributed by atoms with Gasteiger partial charge in [-0.2, -0.15) is 37.0 Å². The van der Waals surface area contributed by atoms with Gasteiger partial charge in [0, 0.05) is 22.5 Å². The summed E-state index contributed by atoms with van der Waals surface area (Å²) in [4.78, 5) is 9.22. The van der Waals surface area contributed by atoms with Gasteiger partial charge in [-0.25, -0.2) is 0 Å². The van der Waals surface area contributed by atoms with Crippen molar-refractivity contribution in [1.82, 2.24) is 4.98 Å². The van der Waals surface area contributed by atoms with Crippen LogP contribution in [0.3, 0.4) is 0 Å².